The van der Waals surface area contributed by atoms with Gasteiger partial charge in [-0.2, -0.15) is 0 Å². The lowest BCUT2D eigenvalue weighted by Gasteiger charge is -2.25. The number of hydrogen-bond acceptors (Lipinski definition) is 5. The van der Waals surface area contributed by atoms with Gasteiger partial charge in [-0.15, -0.1) is 0 Å². The summed E-state index contributed by atoms with van der Waals surface area (Å²) in [6, 6.07) is 13.6. The molecule has 3 rings (SSSR count). The Balaban J connectivity index is 1.61. The molecule has 2 heterocycles. The van der Waals surface area contributed by atoms with Gasteiger partial charge in [0.1, 0.15) is 5.75 Å². The smallest absolute Gasteiger partial charge is 0.234 e. The molecule has 0 saturated carbocycles. The third-order valence-electron chi connectivity index (χ3n) is 4.63. The first-order valence-electron chi connectivity index (χ1n) is 9.37. The molecular formula is C21H27N3O3. The van der Waals surface area contributed by atoms with Gasteiger partial charge in [0.25, 0.3) is 0 Å². The van der Waals surface area contributed by atoms with Crippen LogP contribution in [0.2, 0.25) is 0 Å². The summed E-state index contributed by atoms with van der Waals surface area (Å²) in [5.41, 5.74) is 1.91. The van der Waals surface area contributed by atoms with Crippen LogP contribution in [0.4, 0.5) is 0 Å². The number of hydrogen-bond donors (Lipinski definition) is 1. The Bertz CT molecular complexity index is 718. The van der Waals surface area contributed by atoms with E-state index in [0.717, 1.165) is 43.0 Å². The summed E-state index contributed by atoms with van der Waals surface area (Å²) in [5.74, 6) is 0.817. The first kappa shape index (κ1) is 19.3. The molecule has 1 unspecified atom stereocenters. The molecule has 1 saturated heterocycles. The third-order valence-corrected chi connectivity index (χ3v) is 4.63. The molecule has 1 N–H and O–H groups in total. The maximum atomic E-state index is 12.5. The number of aromatic nitrogens is 1. The van der Waals surface area contributed by atoms with E-state index >= 15 is 0 Å². The van der Waals surface area contributed by atoms with Gasteiger partial charge in [-0.1, -0.05) is 24.3 Å². The normalized spacial score (nSPS) is 16.4. The number of amides is 1. The van der Waals surface area contributed by atoms with E-state index in [-0.39, 0.29) is 12.0 Å². The Hall–Kier alpha value is -2.44. The van der Waals surface area contributed by atoms with Gasteiger partial charge in [0.2, 0.25) is 5.91 Å². The maximum Gasteiger partial charge on any atom is 0.234 e. The van der Waals surface area contributed by atoms with E-state index in [1.165, 1.54) is 0 Å². The predicted molar refractivity (Wildman–Crippen MR) is 103 cm³/mol. The van der Waals surface area contributed by atoms with Crippen LogP contribution in [0.1, 0.15) is 24.1 Å². The van der Waals surface area contributed by atoms with Crippen molar-refractivity contribution in [3.8, 4) is 5.75 Å². The third kappa shape index (κ3) is 6.05. The van der Waals surface area contributed by atoms with Gasteiger partial charge in [-0.05, 0) is 31.0 Å². The molecule has 1 aromatic carbocycles. The number of carbonyl (C=O) groups is 1. The van der Waals surface area contributed by atoms with E-state index in [9.17, 15) is 4.79 Å². The number of nitrogens with zero attached hydrogens (tertiary/aromatic N) is 2. The van der Waals surface area contributed by atoms with Crippen molar-refractivity contribution in [1.82, 2.24) is 15.2 Å². The molecule has 144 valence electrons. The number of rotatable bonds is 9. The van der Waals surface area contributed by atoms with Crippen LogP contribution < -0.4 is 10.1 Å². The highest BCUT2D eigenvalue weighted by molar-refractivity contribution is 5.78. The van der Waals surface area contributed by atoms with Crippen LogP contribution in [0.3, 0.4) is 0 Å². The Morgan fingerprint density at radius 1 is 1.30 bits per heavy atom. The summed E-state index contributed by atoms with van der Waals surface area (Å²) in [5, 5.41) is 2.95. The quantitative estimate of drug-likeness (QED) is 0.735. The van der Waals surface area contributed by atoms with Crippen LogP contribution in [-0.4, -0.2) is 48.7 Å². The van der Waals surface area contributed by atoms with E-state index in [4.69, 9.17) is 9.47 Å². The average molecular weight is 369 g/mol. The highest BCUT2D eigenvalue weighted by Crippen LogP contribution is 2.21. The zero-order valence-corrected chi connectivity index (χ0v) is 15.8. The summed E-state index contributed by atoms with van der Waals surface area (Å²) in [4.78, 5) is 18.9. The lowest BCUT2D eigenvalue weighted by Crippen LogP contribution is -2.40. The van der Waals surface area contributed by atoms with Gasteiger partial charge >= 0.3 is 0 Å². The predicted octanol–water partition coefficient (Wildman–Crippen LogP) is 2.39. The number of para-hydroxylation sites is 1. The van der Waals surface area contributed by atoms with E-state index in [2.05, 4.69) is 15.2 Å². The molecule has 1 aliphatic rings. The van der Waals surface area contributed by atoms with E-state index in [1.54, 1.807) is 13.3 Å². The summed E-state index contributed by atoms with van der Waals surface area (Å²) >= 11 is 0. The summed E-state index contributed by atoms with van der Waals surface area (Å²) in [6.07, 6.45) is 4.03. The lowest BCUT2D eigenvalue weighted by atomic mass is 10.1. The lowest BCUT2D eigenvalue weighted by molar-refractivity contribution is -0.122. The molecule has 1 aliphatic heterocycles. The molecule has 6 nitrogen and oxygen atoms in total. The second-order valence-electron chi connectivity index (χ2n) is 6.71. The molecule has 27 heavy (non-hydrogen) atoms. The van der Waals surface area contributed by atoms with Gasteiger partial charge < -0.3 is 14.8 Å². The monoisotopic (exact) mass is 369 g/mol. The van der Waals surface area contributed by atoms with Crippen molar-refractivity contribution in [1.29, 1.82) is 0 Å². The van der Waals surface area contributed by atoms with Crippen LogP contribution in [0.25, 0.3) is 0 Å². The molecule has 6 heteroatoms. The van der Waals surface area contributed by atoms with Crippen molar-refractivity contribution in [3.63, 3.8) is 0 Å². The molecule has 0 aliphatic carbocycles. The Morgan fingerprint density at radius 2 is 2.15 bits per heavy atom. The highest BCUT2D eigenvalue weighted by atomic mass is 16.5. The van der Waals surface area contributed by atoms with Gasteiger partial charge in [0, 0.05) is 31.5 Å². The average Bonchev–Trinajstić information content (AvgIpc) is 3.20. The molecule has 1 atom stereocenters. The SMILES string of the molecule is COc1ccccc1CN(CC(=O)NCc1ccccn1)CC1CCCO1. The zero-order valence-electron chi connectivity index (χ0n) is 15.8. The van der Waals surface area contributed by atoms with Crippen LogP contribution >= 0.6 is 0 Å². The first-order valence-corrected chi connectivity index (χ1v) is 9.37. The molecule has 2 aromatic rings. The van der Waals surface area contributed by atoms with E-state index < -0.39 is 0 Å². The zero-order chi connectivity index (χ0) is 18.9. The fourth-order valence-corrected chi connectivity index (χ4v) is 3.29. The molecule has 0 bridgehead atoms. The molecule has 1 amide bonds. The fraction of sp³-hybridized carbons (Fsp3) is 0.429. The number of pyridine rings is 1. The first-order chi connectivity index (χ1) is 13.2. The molecular weight excluding hydrogens is 342 g/mol. The number of nitrogens with one attached hydrogen (secondary N) is 1. The van der Waals surface area contributed by atoms with Crippen molar-refractivity contribution in [2.75, 3.05) is 26.8 Å². The topological polar surface area (TPSA) is 63.7 Å². The van der Waals surface area contributed by atoms with Gasteiger partial charge in [-0.3, -0.25) is 14.7 Å². The van der Waals surface area contributed by atoms with Crippen molar-refractivity contribution in [2.45, 2.75) is 32.0 Å². The number of methoxy groups -OCH3 is 1. The largest absolute Gasteiger partial charge is 0.496 e. The van der Waals surface area contributed by atoms with Crippen LogP contribution in [0.15, 0.2) is 48.7 Å². The summed E-state index contributed by atoms with van der Waals surface area (Å²) in [7, 11) is 1.67. The Morgan fingerprint density at radius 3 is 2.89 bits per heavy atom. The van der Waals surface area contributed by atoms with E-state index in [0.29, 0.717) is 19.6 Å². The van der Waals surface area contributed by atoms with E-state index in [1.807, 2.05) is 42.5 Å². The van der Waals surface area contributed by atoms with Crippen molar-refractivity contribution in [3.05, 3.63) is 59.9 Å². The number of carbonyl (C=O) groups excluding carboxylic acids is 1. The molecule has 0 spiro atoms. The summed E-state index contributed by atoms with van der Waals surface area (Å²) in [6.45, 7) is 2.92. The maximum absolute atomic E-state index is 12.5. The van der Waals surface area contributed by atoms with Gasteiger partial charge in [0.15, 0.2) is 0 Å². The second kappa shape index (κ2) is 10.0. The minimum Gasteiger partial charge on any atom is -0.496 e. The minimum atomic E-state index is -0.0199. The standard InChI is InChI=1S/C21H27N3O3/c1-26-20-10-3-2-7-17(20)14-24(15-19-9-6-12-27-19)16-21(25)23-13-18-8-4-5-11-22-18/h2-5,7-8,10-11,19H,6,9,12-16H2,1H3,(H,23,25). The second-order valence-corrected chi connectivity index (χ2v) is 6.71. The molecule has 0 radical (unpaired) electrons. The van der Waals surface area contributed by atoms with Crippen LogP contribution in [0.5, 0.6) is 5.75 Å². The van der Waals surface area contributed by atoms with Crippen LogP contribution in [-0.2, 0) is 22.6 Å². The number of ether oxygens (including phenoxy) is 2. The Labute approximate surface area is 160 Å². The Kier molecular flexibility index (Phi) is 7.19. The highest BCUT2D eigenvalue weighted by Gasteiger charge is 2.21. The van der Waals surface area contributed by atoms with Crippen molar-refractivity contribution >= 4 is 5.91 Å². The van der Waals surface area contributed by atoms with Gasteiger partial charge in [-0.25, -0.2) is 0 Å². The minimum absolute atomic E-state index is 0.0199. The van der Waals surface area contributed by atoms with Crippen molar-refractivity contribution in [2.24, 2.45) is 0 Å². The van der Waals surface area contributed by atoms with Crippen LogP contribution in [0, 0.1) is 0 Å². The fourth-order valence-electron chi connectivity index (χ4n) is 3.29. The number of benzene rings is 1. The summed E-state index contributed by atoms with van der Waals surface area (Å²) < 4.78 is 11.2. The molecule has 1 aromatic heterocycles. The molecule has 1 fully saturated rings. The van der Waals surface area contributed by atoms with Gasteiger partial charge in [0.05, 0.1) is 32.0 Å². The van der Waals surface area contributed by atoms with Crippen molar-refractivity contribution < 1.29 is 14.3 Å².